The number of nitrogens with two attached hydrogens (primary N) is 1. The van der Waals surface area contributed by atoms with Crippen molar-refractivity contribution in [3.63, 3.8) is 0 Å². The van der Waals surface area contributed by atoms with Gasteiger partial charge in [-0.3, -0.25) is 0 Å². The van der Waals surface area contributed by atoms with Gasteiger partial charge in [0.25, 0.3) is 0 Å². The van der Waals surface area contributed by atoms with Crippen LogP contribution in [0.3, 0.4) is 0 Å². The number of allylic oxidation sites excluding steroid dienone is 3. The third-order valence-electron chi connectivity index (χ3n) is 3.46. The van der Waals surface area contributed by atoms with Crippen molar-refractivity contribution in [1.82, 2.24) is 9.97 Å². The van der Waals surface area contributed by atoms with Crippen molar-refractivity contribution in [2.75, 3.05) is 18.5 Å². The second-order valence-electron chi connectivity index (χ2n) is 5.21. The maximum absolute atomic E-state index is 9.56. The lowest BCUT2D eigenvalue weighted by molar-refractivity contribution is 0.105. The van der Waals surface area contributed by atoms with Crippen LogP contribution in [-0.2, 0) is 0 Å². The molecule has 142 valence electrons. The number of aliphatic imine (C=N–C) groups is 1. The van der Waals surface area contributed by atoms with Crippen LogP contribution in [-0.4, -0.2) is 45.1 Å². The van der Waals surface area contributed by atoms with Crippen molar-refractivity contribution >= 4 is 22.4 Å². The van der Waals surface area contributed by atoms with E-state index in [0.29, 0.717) is 17.2 Å². The van der Waals surface area contributed by atoms with E-state index in [1.54, 1.807) is 12.3 Å². The van der Waals surface area contributed by atoms with E-state index in [9.17, 15) is 5.11 Å². The van der Waals surface area contributed by atoms with Gasteiger partial charge in [-0.15, -0.1) is 0 Å². The lowest BCUT2D eigenvalue weighted by Crippen LogP contribution is -2.23. The molecular formula is C19H29N5O2. The molecule has 2 aromatic heterocycles. The third-order valence-corrected chi connectivity index (χ3v) is 3.46. The molecule has 1 unspecified atom stereocenters. The Balaban J connectivity index is 0.00000163. The first-order valence-corrected chi connectivity index (χ1v) is 8.73. The van der Waals surface area contributed by atoms with Crippen molar-refractivity contribution in [3.05, 3.63) is 48.1 Å². The van der Waals surface area contributed by atoms with Gasteiger partial charge in [-0.25, -0.2) is 9.98 Å². The Labute approximate surface area is 154 Å². The molecule has 0 fully saturated rings. The SMILES string of the molecule is CC.C\C=C/C(=N\C(N)=C\C)c1c[nH]c2nccc(NCC(O)CO)c12. The van der Waals surface area contributed by atoms with Gasteiger partial charge in [0.05, 0.1) is 23.8 Å². The van der Waals surface area contributed by atoms with E-state index in [0.717, 1.165) is 16.6 Å². The molecule has 0 aliphatic heterocycles. The highest BCUT2D eigenvalue weighted by Gasteiger charge is 2.14. The van der Waals surface area contributed by atoms with Gasteiger partial charge in [-0.1, -0.05) is 19.9 Å². The molecule has 0 saturated heterocycles. The average Bonchev–Trinajstić information content (AvgIpc) is 3.11. The molecule has 6 N–H and O–H groups in total. The number of rotatable bonds is 7. The summed E-state index contributed by atoms with van der Waals surface area (Å²) in [4.78, 5) is 11.9. The minimum atomic E-state index is -0.835. The minimum absolute atomic E-state index is 0.229. The molecule has 0 saturated carbocycles. The molecule has 0 spiro atoms. The molecule has 0 radical (unpaired) electrons. The van der Waals surface area contributed by atoms with Gasteiger partial charge in [0, 0.05) is 30.2 Å². The number of H-pyrrole nitrogens is 1. The van der Waals surface area contributed by atoms with Crippen LogP contribution in [0.1, 0.15) is 33.3 Å². The molecule has 0 aromatic carbocycles. The number of anilines is 1. The maximum Gasteiger partial charge on any atom is 0.140 e. The fourth-order valence-corrected chi connectivity index (χ4v) is 2.25. The van der Waals surface area contributed by atoms with Gasteiger partial charge in [0.2, 0.25) is 0 Å². The largest absolute Gasteiger partial charge is 0.394 e. The second-order valence-corrected chi connectivity index (χ2v) is 5.21. The number of hydrogen-bond acceptors (Lipinski definition) is 6. The average molecular weight is 359 g/mol. The molecule has 7 nitrogen and oxygen atoms in total. The topological polar surface area (TPSA) is 120 Å². The number of aromatic amines is 1. The Kier molecular flexibility index (Phi) is 9.11. The van der Waals surface area contributed by atoms with Crippen molar-refractivity contribution in [3.8, 4) is 0 Å². The molecule has 26 heavy (non-hydrogen) atoms. The van der Waals surface area contributed by atoms with E-state index in [4.69, 9.17) is 10.8 Å². The van der Waals surface area contributed by atoms with Crippen LogP contribution >= 0.6 is 0 Å². The van der Waals surface area contributed by atoms with Gasteiger partial charge < -0.3 is 26.2 Å². The predicted molar refractivity (Wildman–Crippen MR) is 108 cm³/mol. The summed E-state index contributed by atoms with van der Waals surface area (Å²) in [5, 5.41) is 22.5. The van der Waals surface area contributed by atoms with Crippen LogP contribution in [0.2, 0.25) is 0 Å². The van der Waals surface area contributed by atoms with Crippen molar-refractivity contribution in [2.45, 2.75) is 33.8 Å². The van der Waals surface area contributed by atoms with Gasteiger partial charge in [0.1, 0.15) is 11.5 Å². The lowest BCUT2D eigenvalue weighted by Gasteiger charge is -2.12. The van der Waals surface area contributed by atoms with Gasteiger partial charge in [-0.2, -0.15) is 0 Å². The summed E-state index contributed by atoms with van der Waals surface area (Å²) in [5.41, 5.74) is 8.89. The highest BCUT2D eigenvalue weighted by Crippen LogP contribution is 2.26. The summed E-state index contributed by atoms with van der Waals surface area (Å²) < 4.78 is 0. The monoisotopic (exact) mass is 359 g/mol. The Morgan fingerprint density at radius 2 is 2.15 bits per heavy atom. The van der Waals surface area contributed by atoms with Crippen molar-refractivity contribution in [2.24, 2.45) is 10.7 Å². The number of hydrogen-bond donors (Lipinski definition) is 5. The van der Waals surface area contributed by atoms with Crippen LogP contribution < -0.4 is 11.1 Å². The summed E-state index contributed by atoms with van der Waals surface area (Å²) in [7, 11) is 0. The highest BCUT2D eigenvalue weighted by molar-refractivity contribution is 6.18. The van der Waals surface area contributed by atoms with Crippen LogP contribution in [0, 0.1) is 0 Å². The number of aliphatic hydroxyl groups is 2. The number of nitrogens with zero attached hydrogens (tertiary/aromatic N) is 2. The summed E-state index contributed by atoms with van der Waals surface area (Å²) in [6.07, 6.45) is 8.15. The molecule has 2 heterocycles. The van der Waals surface area contributed by atoms with Gasteiger partial charge in [0.15, 0.2) is 0 Å². The summed E-state index contributed by atoms with van der Waals surface area (Å²) in [6.45, 7) is 7.66. The zero-order chi connectivity index (χ0) is 19.5. The number of aromatic nitrogens is 2. The molecule has 0 bridgehead atoms. The number of pyridine rings is 1. The molecule has 7 heteroatoms. The van der Waals surface area contributed by atoms with Crippen LogP contribution in [0.15, 0.2) is 47.5 Å². The van der Waals surface area contributed by atoms with Gasteiger partial charge in [-0.05, 0) is 32.1 Å². The summed E-state index contributed by atoms with van der Waals surface area (Å²) in [6, 6.07) is 1.82. The highest BCUT2D eigenvalue weighted by atomic mass is 16.3. The quantitative estimate of drug-likeness (QED) is 0.487. The fourth-order valence-electron chi connectivity index (χ4n) is 2.25. The Morgan fingerprint density at radius 1 is 1.42 bits per heavy atom. The Hall–Kier alpha value is -2.64. The number of fused-ring (bicyclic) bond motifs is 1. The Bertz CT molecular complexity index is 777. The summed E-state index contributed by atoms with van der Waals surface area (Å²) in [5.74, 6) is 0.423. The number of nitrogens with one attached hydrogen (secondary N) is 2. The van der Waals surface area contributed by atoms with Crippen LogP contribution in [0.4, 0.5) is 5.69 Å². The smallest absolute Gasteiger partial charge is 0.140 e. The lowest BCUT2D eigenvalue weighted by atomic mass is 10.1. The number of aliphatic hydroxyl groups excluding tert-OH is 2. The molecule has 2 rings (SSSR count). The zero-order valence-corrected chi connectivity index (χ0v) is 15.8. The first-order chi connectivity index (χ1) is 12.6. The van der Waals surface area contributed by atoms with Gasteiger partial charge >= 0.3 is 0 Å². The zero-order valence-electron chi connectivity index (χ0n) is 15.8. The maximum atomic E-state index is 9.56. The van der Waals surface area contributed by atoms with E-state index in [2.05, 4.69) is 20.3 Å². The molecule has 1 atom stereocenters. The molecule has 0 aliphatic rings. The third kappa shape index (κ3) is 5.44. The van der Waals surface area contributed by atoms with E-state index < -0.39 is 6.10 Å². The van der Waals surface area contributed by atoms with Crippen molar-refractivity contribution < 1.29 is 10.2 Å². The second kappa shape index (κ2) is 11.1. The van der Waals surface area contributed by atoms with E-state index in [1.165, 1.54) is 0 Å². The fraction of sp³-hybridized carbons (Fsp3) is 0.368. The predicted octanol–water partition coefficient (Wildman–Crippen LogP) is 2.54. The first-order valence-electron chi connectivity index (χ1n) is 8.73. The summed E-state index contributed by atoms with van der Waals surface area (Å²) >= 11 is 0. The van der Waals surface area contributed by atoms with Crippen LogP contribution in [0.5, 0.6) is 0 Å². The molecular weight excluding hydrogens is 330 g/mol. The van der Waals surface area contributed by atoms with E-state index >= 15 is 0 Å². The first kappa shape index (κ1) is 21.4. The van der Waals surface area contributed by atoms with Crippen LogP contribution in [0.25, 0.3) is 11.0 Å². The standard InChI is InChI=1S/C17H23N5O2.C2H6/c1-3-5-13(22-15(18)4-2)12-9-21-17-16(12)14(6-7-19-17)20-8-11(24)10-23;1-2/h3-7,9,11,23-24H,8,10,18H2,1-2H3,(H2,19,20,21);1-2H3/b5-3-,15-4+,22-13+;. The van der Waals surface area contributed by atoms with Crippen molar-refractivity contribution in [1.29, 1.82) is 0 Å². The normalized spacial score (nSPS) is 13.6. The minimum Gasteiger partial charge on any atom is -0.394 e. The van der Waals surface area contributed by atoms with E-state index in [-0.39, 0.29) is 13.2 Å². The molecule has 2 aromatic rings. The Morgan fingerprint density at radius 3 is 2.77 bits per heavy atom. The molecule has 0 aliphatic carbocycles. The molecule has 0 amide bonds. The van der Waals surface area contributed by atoms with E-state index in [1.807, 2.05) is 52.1 Å².